The van der Waals surface area contributed by atoms with E-state index in [9.17, 15) is 0 Å². The van der Waals surface area contributed by atoms with E-state index in [4.69, 9.17) is 29.6 Å². The molecule has 0 unspecified atom stereocenters. The number of thiocarbonyl (C=S) groups is 1. The minimum absolute atomic E-state index is 0.299. The van der Waals surface area contributed by atoms with E-state index in [1.807, 2.05) is 43.4 Å². The van der Waals surface area contributed by atoms with Crippen molar-refractivity contribution in [2.24, 2.45) is 5.73 Å². The van der Waals surface area contributed by atoms with Gasteiger partial charge in [0.25, 0.3) is 0 Å². The van der Waals surface area contributed by atoms with Gasteiger partial charge in [-0.3, -0.25) is 4.98 Å². The lowest BCUT2D eigenvalue weighted by atomic mass is 10.2. The number of hydrogen-bond acceptors (Lipinski definition) is 3. The Labute approximate surface area is 123 Å². The number of pyridine rings is 1. The van der Waals surface area contributed by atoms with Crippen LogP contribution >= 0.6 is 23.8 Å². The number of anilines is 1. The van der Waals surface area contributed by atoms with Gasteiger partial charge in [0.1, 0.15) is 4.99 Å². The summed E-state index contributed by atoms with van der Waals surface area (Å²) >= 11 is 11.1. The number of nitrogens with zero attached hydrogens (tertiary/aromatic N) is 2. The SMILES string of the molecule is CN(Cc1ccccc1Cl)c1ccnc(C(N)=S)c1. The average Bonchev–Trinajstić information content (AvgIpc) is 2.41. The summed E-state index contributed by atoms with van der Waals surface area (Å²) in [6.45, 7) is 0.709. The molecule has 0 spiro atoms. The van der Waals surface area contributed by atoms with Gasteiger partial charge < -0.3 is 10.6 Å². The zero-order chi connectivity index (χ0) is 13.8. The highest BCUT2D eigenvalue weighted by Gasteiger charge is 2.07. The molecule has 1 aromatic heterocycles. The largest absolute Gasteiger partial charge is 0.388 e. The average molecular weight is 292 g/mol. The van der Waals surface area contributed by atoms with Crippen LogP contribution in [0.5, 0.6) is 0 Å². The summed E-state index contributed by atoms with van der Waals surface area (Å²) < 4.78 is 0. The van der Waals surface area contributed by atoms with E-state index in [1.54, 1.807) is 6.20 Å². The van der Waals surface area contributed by atoms with Crippen molar-refractivity contribution in [3.05, 3.63) is 58.9 Å². The Morgan fingerprint density at radius 2 is 2.11 bits per heavy atom. The van der Waals surface area contributed by atoms with Crippen LogP contribution in [0.3, 0.4) is 0 Å². The van der Waals surface area contributed by atoms with Crippen molar-refractivity contribution in [1.29, 1.82) is 0 Å². The molecule has 0 fully saturated rings. The van der Waals surface area contributed by atoms with Gasteiger partial charge in [-0.2, -0.15) is 0 Å². The van der Waals surface area contributed by atoms with Crippen LogP contribution in [0.1, 0.15) is 11.3 Å². The molecule has 0 radical (unpaired) electrons. The third-order valence-electron chi connectivity index (χ3n) is 2.80. The molecule has 98 valence electrons. The number of aromatic nitrogens is 1. The van der Waals surface area contributed by atoms with E-state index in [1.165, 1.54) is 0 Å². The maximum absolute atomic E-state index is 6.16. The summed E-state index contributed by atoms with van der Waals surface area (Å²) in [5, 5.41) is 0.762. The second-order valence-electron chi connectivity index (χ2n) is 4.21. The molecule has 0 saturated carbocycles. The fourth-order valence-corrected chi connectivity index (χ4v) is 2.07. The lowest BCUT2D eigenvalue weighted by Crippen LogP contribution is -2.18. The molecule has 0 saturated heterocycles. The number of nitrogens with two attached hydrogens (primary N) is 1. The summed E-state index contributed by atoms with van der Waals surface area (Å²) in [7, 11) is 1.99. The van der Waals surface area contributed by atoms with E-state index >= 15 is 0 Å². The molecular formula is C14H14ClN3S. The van der Waals surface area contributed by atoms with Crippen LogP contribution < -0.4 is 10.6 Å². The molecule has 0 atom stereocenters. The van der Waals surface area contributed by atoms with Crippen LogP contribution in [-0.4, -0.2) is 17.0 Å². The smallest absolute Gasteiger partial charge is 0.122 e. The highest BCUT2D eigenvalue weighted by molar-refractivity contribution is 7.80. The number of benzene rings is 1. The second kappa shape index (κ2) is 5.99. The van der Waals surface area contributed by atoms with Gasteiger partial charge in [0.05, 0.1) is 5.69 Å². The van der Waals surface area contributed by atoms with Crippen LogP contribution in [-0.2, 0) is 6.54 Å². The predicted octanol–water partition coefficient (Wildman–Crippen LogP) is 3.01. The minimum Gasteiger partial charge on any atom is -0.388 e. The first kappa shape index (κ1) is 13.8. The third-order valence-corrected chi connectivity index (χ3v) is 3.38. The molecule has 0 aliphatic heterocycles. The molecule has 0 aliphatic rings. The maximum Gasteiger partial charge on any atom is 0.122 e. The highest BCUT2D eigenvalue weighted by atomic mass is 35.5. The summed E-state index contributed by atoms with van der Waals surface area (Å²) in [4.78, 5) is 6.50. The van der Waals surface area contributed by atoms with Crippen LogP contribution in [0.4, 0.5) is 5.69 Å². The predicted molar refractivity (Wildman–Crippen MR) is 83.7 cm³/mol. The molecule has 3 nitrogen and oxygen atoms in total. The normalized spacial score (nSPS) is 10.2. The van der Waals surface area contributed by atoms with Gasteiger partial charge in [-0.05, 0) is 23.8 Å². The third kappa shape index (κ3) is 3.43. The van der Waals surface area contributed by atoms with Crippen molar-refractivity contribution in [3.63, 3.8) is 0 Å². The van der Waals surface area contributed by atoms with E-state index in [-0.39, 0.29) is 0 Å². The molecule has 0 bridgehead atoms. The first-order valence-electron chi connectivity index (χ1n) is 5.78. The minimum atomic E-state index is 0.299. The Balaban J connectivity index is 2.20. The van der Waals surface area contributed by atoms with Crippen molar-refractivity contribution in [2.45, 2.75) is 6.54 Å². The van der Waals surface area contributed by atoms with E-state index in [2.05, 4.69) is 9.88 Å². The van der Waals surface area contributed by atoms with Crippen molar-refractivity contribution < 1.29 is 0 Å². The van der Waals surface area contributed by atoms with Crippen LogP contribution in [0.2, 0.25) is 5.02 Å². The lowest BCUT2D eigenvalue weighted by molar-refractivity contribution is 0.920. The van der Waals surface area contributed by atoms with Gasteiger partial charge in [0.2, 0.25) is 0 Å². The van der Waals surface area contributed by atoms with E-state index in [0.717, 1.165) is 16.3 Å². The lowest BCUT2D eigenvalue weighted by Gasteiger charge is -2.20. The molecule has 1 heterocycles. The molecule has 2 aromatic rings. The molecule has 1 aromatic carbocycles. The van der Waals surface area contributed by atoms with Crippen molar-refractivity contribution in [3.8, 4) is 0 Å². The van der Waals surface area contributed by atoms with Gasteiger partial charge in [-0.25, -0.2) is 0 Å². The molecular weight excluding hydrogens is 278 g/mol. The molecule has 0 amide bonds. The Hall–Kier alpha value is -1.65. The topological polar surface area (TPSA) is 42.2 Å². The molecule has 5 heteroatoms. The molecule has 0 aliphatic carbocycles. The standard InChI is InChI=1S/C14H14ClN3S/c1-18(9-10-4-2-3-5-12(10)15)11-6-7-17-13(8-11)14(16)19/h2-8H,9H2,1H3,(H2,16,19). The van der Waals surface area contributed by atoms with Gasteiger partial charge in [-0.1, -0.05) is 42.0 Å². The summed E-state index contributed by atoms with van der Waals surface area (Å²) in [5.41, 5.74) is 8.28. The second-order valence-corrected chi connectivity index (χ2v) is 5.06. The van der Waals surface area contributed by atoms with Crippen LogP contribution in [0.25, 0.3) is 0 Å². The van der Waals surface area contributed by atoms with Crippen molar-refractivity contribution in [2.75, 3.05) is 11.9 Å². The molecule has 2 N–H and O–H groups in total. The fraction of sp³-hybridized carbons (Fsp3) is 0.143. The van der Waals surface area contributed by atoms with Gasteiger partial charge in [0, 0.05) is 30.5 Å². The summed E-state index contributed by atoms with van der Waals surface area (Å²) in [6, 6.07) is 11.6. The highest BCUT2D eigenvalue weighted by Crippen LogP contribution is 2.20. The Kier molecular flexibility index (Phi) is 4.35. The van der Waals surface area contributed by atoms with Crippen LogP contribution in [0, 0.1) is 0 Å². The zero-order valence-electron chi connectivity index (χ0n) is 10.5. The summed E-state index contributed by atoms with van der Waals surface area (Å²) in [6.07, 6.45) is 1.70. The van der Waals surface area contributed by atoms with Crippen molar-refractivity contribution >= 4 is 34.5 Å². The number of hydrogen-bond donors (Lipinski definition) is 1. The number of rotatable bonds is 4. The van der Waals surface area contributed by atoms with E-state index < -0.39 is 0 Å². The first-order chi connectivity index (χ1) is 9.08. The summed E-state index contributed by atoms with van der Waals surface area (Å²) in [5.74, 6) is 0. The number of halogens is 1. The van der Waals surface area contributed by atoms with Gasteiger partial charge in [0.15, 0.2) is 0 Å². The van der Waals surface area contributed by atoms with Crippen LogP contribution in [0.15, 0.2) is 42.6 Å². The first-order valence-corrected chi connectivity index (χ1v) is 6.57. The van der Waals surface area contributed by atoms with E-state index in [0.29, 0.717) is 17.2 Å². The monoisotopic (exact) mass is 291 g/mol. The Bertz CT molecular complexity index is 601. The Morgan fingerprint density at radius 3 is 2.79 bits per heavy atom. The molecule has 2 rings (SSSR count). The Morgan fingerprint density at radius 1 is 1.37 bits per heavy atom. The fourth-order valence-electron chi connectivity index (χ4n) is 1.77. The van der Waals surface area contributed by atoms with Gasteiger partial charge >= 0.3 is 0 Å². The molecule has 19 heavy (non-hydrogen) atoms. The van der Waals surface area contributed by atoms with Crippen molar-refractivity contribution in [1.82, 2.24) is 4.98 Å². The quantitative estimate of drug-likeness (QED) is 0.880. The zero-order valence-corrected chi connectivity index (χ0v) is 12.1. The maximum atomic E-state index is 6.16. The van der Waals surface area contributed by atoms with Gasteiger partial charge in [-0.15, -0.1) is 0 Å².